The molecule has 0 saturated carbocycles. The third kappa shape index (κ3) is 4.16. The van der Waals surface area contributed by atoms with Crippen molar-refractivity contribution < 1.29 is 17.6 Å². The van der Waals surface area contributed by atoms with E-state index in [9.17, 15) is 13.2 Å². The molecule has 96 valence electrons. The van der Waals surface area contributed by atoms with Gasteiger partial charge in [0.05, 0.1) is 0 Å². The van der Waals surface area contributed by atoms with E-state index in [4.69, 9.17) is 4.43 Å². The molecule has 0 aromatic heterocycles. The number of aryl methyl sites for hydroxylation is 1. The predicted molar refractivity (Wildman–Crippen MR) is 63.9 cm³/mol. The van der Waals surface area contributed by atoms with Crippen molar-refractivity contribution in [2.45, 2.75) is 32.5 Å². The monoisotopic (exact) mass is 262 g/mol. The Kier molecular flexibility index (Phi) is 4.77. The zero-order valence-corrected chi connectivity index (χ0v) is 11.3. The normalized spacial score (nSPS) is 11.9. The SMILES string of the molecule is CCO[Si](C)(C)CCc1cc(F)c(F)c(F)c1. The van der Waals surface area contributed by atoms with Gasteiger partial charge in [0.1, 0.15) is 0 Å². The fourth-order valence-electron chi connectivity index (χ4n) is 1.66. The summed E-state index contributed by atoms with van der Waals surface area (Å²) in [5.41, 5.74) is 0.474. The van der Waals surface area contributed by atoms with E-state index in [0.717, 1.165) is 18.2 Å². The van der Waals surface area contributed by atoms with Crippen LogP contribution in [0.5, 0.6) is 0 Å². The summed E-state index contributed by atoms with van der Waals surface area (Å²) in [6, 6.07) is 2.86. The van der Waals surface area contributed by atoms with Crippen LogP contribution in [0, 0.1) is 17.5 Å². The van der Waals surface area contributed by atoms with Crippen molar-refractivity contribution in [2.75, 3.05) is 6.61 Å². The Balaban J connectivity index is 2.70. The van der Waals surface area contributed by atoms with Crippen LogP contribution in [-0.2, 0) is 10.8 Å². The standard InChI is InChI=1S/C12H17F3OSi/c1-4-16-17(2,3)6-5-9-7-10(13)12(15)11(14)8-9/h7-8H,4-6H2,1-3H3. The fraction of sp³-hybridized carbons (Fsp3) is 0.500. The maximum atomic E-state index is 13.0. The average Bonchev–Trinajstić information content (AvgIpc) is 2.23. The second-order valence-electron chi connectivity index (χ2n) is 4.57. The van der Waals surface area contributed by atoms with Gasteiger partial charge in [-0.15, -0.1) is 0 Å². The van der Waals surface area contributed by atoms with Gasteiger partial charge in [-0.2, -0.15) is 0 Å². The highest BCUT2D eigenvalue weighted by molar-refractivity contribution is 6.71. The Labute approximate surface area is 101 Å². The number of halogens is 3. The van der Waals surface area contributed by atoms with Crippen molar-refractivity contribution >= 4 is 8.32 Å². The lowest BCUT2D eigenvalue weighted by atomic mass is 10.1. The van der Waals surface area contributed by atoms with E-state index in [1.165, 1.54) is 0 Å². The van der Waals surface area contributed by atoms with Crippen LogP contribution < -0.4 is 0 Å². The molecule has 0 fully saturated rings. The molecule has 0 saturated heterocycles. The van der Waals surface area contributed by atoms with Crippen LogP contribution in [0.15, 0.2) is 12.1 Å². The molecule has 17 heavy (non-hydrogen) atoms. The number of hydrogen-bond acceptors (Lipinski definition) is 1. The topological polar surface area (TPSA) is 9.23 Å². The van der Waals surface area contributed by atoms with Gasteiger partial charge in [-0.3, -0.25) is 0 Å². The van der Waals surface area contributed by atoms with E-state index in [1.54, 1.807) is 0 Å². The molecule has 1 rings (SSSR count). The minimum Gasteiger partial charge on any atom is -0.418 e. The van der Waals surface area contributed by atoms with Crippen LogP contribution in [0.1, 0.15) is 12.5 Å². The third-order valence-electron chi connectivity index (χ3n) is 2.59. The molecule has 5 heteroatoms. The lowest BCUT2D eigenvalue weighted by Gasteiger charge is -2.21. The van der Waals surface area contributed by atoms with E-state index in [1.807, 2.05) is 20.0 Å². The molecule has 0 spiro atoms. The lowest BCUT2D eigenvalue weighted by Crippen LogP contribution is -2.30. The molecule has 1 aromatic rings. The van der Waals surface area contributed by atoms with Crippen LogP contribution in [0.3, 0.4) is 0 Å². The number of rotatable bonds is 5. The van der Waals surface area contributed by atoms with Crippen molar-refractivity contribution in [2.24, 2.45) is 0 Å². The molecular formula is C12H17F3OSi. The number of benzene rings is 1. The summed E-state index contributed by atoms with van der Waals surface area (Å²) in [4.78, 5) is 0. The van der Waals surface area contributed by atoms with Crippen LogP contribution in [0.2, 0.25) is 19.1 Å². The van der Waals surface area contributed by atoms with Gasteiger partial charge in [-0.05, 0) is 50.2 Å². The maximum Gasteiger partial charge on any atom is 0.194 e. The second kappa shape index (κ2) is 5.69. The largest absolute Gasteiger partial charge is 0.418 e. The van der Waals surface area contributed by atoms with Gasteiger partial charge in [0.2, 0.25) is 0 Å². The van der Waals surface area contributed by atoms with Gasteiger partial charge in [-0.25, -0.2) is 13.2 Å². The van der Waals surface area contributed by atoms with Crippen LogP contribution in [0.25, 0.3) is 0 Å². The molecule has 0 N–H and O–H groups in total. The van der Waals surface area contributed by atoms with E-state index in [0.29, 0.717) is 18.6 Å². The zero-order chi connectivity index (χ0) is 13.1. The molecule has 0 unspecified atom stereocenters. The number of hydrogen-bond donors (Lipinski definition) is 0. The van der Waals surface area contributed by atoms with E-state index in [2.05, 4.69) is 0 Å². The molecule has 0 aliphatic rings. The first-order chi connectivity index (χ1) is 7.85. The highest BCUT2D eigenvalue weighted by atomic mass is 28.4. The van der Waals surface area contributed by atoms with Crippen molar-refractivity contribution in [3.8, 4) is 0 Å². The summed E-state index contributed by atoms with van der Waals surface area (Å²) >= 11 is 0. The second-order valence-corrected chi connectivity index (χ2v) is 8.87. The highest BCUT2D eigenvalue weighted by Crippen LogP contribution is 2.19. The van der Waals surface area contributed by atoms with E-state index >= 15 is 0 Å². The Morgan fingerprint density at radius 1 is 1.12 bits per heavy atom. The Morgan fingerprint density at radius 2 is 1.65 bits per heavy atom. The van der Waals surface area contributed by atoms with E-state index < -0.39 is 25.8 Å². The minimum atomic E-state index is -1.77. The summed E-state index contributed by atoms with van der Waals surface area (Å²) in [6.07, 6.45) is 0.507. The van der Waals surface area contributed by atoms with Gasteiger partial charge in [0, 0.05) is 6.61 Å². The molecule has 0 aliphatic heterocycles. The molecule has 0 bridgehead atoms. The van der Waals surface area contributed by atoms with Crippen molar-refractivity contribution in [3.63, 3.8) is 0 Å². The summed E-state index contributed by atoms with van der Waals surface area (Å²) in [5.74, 6) is -3.66. The van der Waals surface area contributed by atoms with Crippen molar-refractivity contribution in [1.82, 2.24) is 0 Å². The third-order valence-corrected chi connectivity index (χ3v) is 5.12. The summed E-state index contributed by atoms with van der Waals surface area (Å²) < 4.78 is 44.3. The minimum absolute atomic E-state index is 0.474. The average molecular weight is 262 g/mol. The summed E-state index contributed by atoms with van der Waals surface area (Å²) in [6.45, 7) is 6.66. The van der Waals surface area contributed by atoms with Crippen LogP contribution in [0.4, 0.5) is 13.2 Å². The molecule has 0 radical (unpaired) electrons. The Hall–Kier alpha value is -0.813. The molecule has 1 aromatic carbocycles. The molecule has 0 atom stereocenters. The van der Waals surface area contributed by atoms with Gasteiger partial charge in [0.25, 0.3) is 0 Å². The molecule has 0 heterocycles. The summed E-state index contributed by atoms with van der Waals surface area (Å²) in [5, 5.41) is 0. The lowest BCUT2D eigenvalue weighted by molar-refractivity contribution is 0.329. The Bertz CT molecular complexity index is 370. The highest BCUT2D eigenvalue weighted by Gasteiger charge is 2.22. The van der Waals surface area contributed by atoms with Gasteiger partial charge >= 0.3 is 0 Å². The first kappa shape index (κ1) is 14.2. The Morgan fingerprint density at radius 3 is 2.12 bits per heavy atom. The van der Waals surface area contributed by atoms with Crippen molar-refractivity contribution in [1.29, 1.82) is 0 Å². The molecule has 0 aliphatic carbocycles. The maximum absolute atomic E-state index is 13.0. The quantitative estimate of drug-likeness (QED) is 0.578. The van der Waals surface area contributed by atoms with Crippen LogP contribution in [-0.4, -0.2) is 14.9 Å². The zero-order valence-electron chi connectivity index (χ0n) is 10.3. The van der Waals surface area contributed by atoms with Gasteiger partial charge in [0.15, 0.2) is 25.8 Å². The van der Waals surface area contributed by atoms with Crippen molar-refractivity contribution in [3.05, 3.63) is 35.1 Å². The molecular weight excluding hydrogens is 245 g/mol. The van der Waals surface area contributed by atoms with Gasteiger partial charge < -0.3 is 4.43 Å². The fourth-order valence-corrected chi connectivity index (χ4v) is 3.48. The first-order valence-corrected chi connectivity index (χ1v) is 8.74. The van der Waals surface area contributed by atoms with Crippen LogP contribution >= 0.6 is 0 Å². The molecule has 1 nitrogen and oxygen atoms in total. The smallest absolute Gasteiger partial charge is 0.194 e. The van der Waals surface area contributed by atoms with E-state index in [-0.39, 0.29) is 0 Å². The predicted octanol–water partition coefficient (Wildman–Crippen LogP) is 3.89. The van der Waals surface area contributed by atoms with Gasteiger partial charge in [-0.1, -0.05) is 0 Å². The molecule has 0 amide bonds. The summed E-state index contributed by atoms with van der Waals surface area (Å²) in [7, 11) is -1.77. The first-order valence-electron chi connectivity index (χ1n) is 5.63.